The number of benzene rings is 1. The van der Waals surface area contributed by atoms with E-state index in [1.54, 1.807) is 28.4 Å². The molecular formula is C18H24N4O4. The van der Waals surface area contributed by atoms with Crippen LogP contribution in [0, 0.1) is 5.92 Å². The Bertz CT molecular complexity index is 811. The van der Waals surface area contributed by atoms with Gasteiger partial charge in [0.2, 0.25) is 11.7 Å². The van der Waals surface area contributed by atoms with E-state index in [1.807, 2.05) is 6.07 Å². The van der Waals surface area contributed by atoms with Crippen molar-refractivity contribution in [2.24, 2.45) is 5.92 Å². The summed E-state index contributed by atoms with van der Waals surface area (Å²) in [5, 5.41) is 3.52. The molecule has 1 amide bonds. The molecule has 0 aliphatic carbocycles. The van der Waals surface area contributed by atoms with Crippen molar-refractivity contribution in [3.63, 3.8) is 0 Å². The molecule has 8 heteroatoms. The van der Waals surface area contributed by atoms with Gasteiger partial charge in [-0.2, -0.15) is 0 Å². The number of hydrogen-bond donors (Lipinski definition) is 1. The van der Waals surface area contributed by atoms with Gasteiger partial charge in [-0.25, -0.2) is 9.97 Å². The lowest BCUT2D eigenvalue weighted by Crippen LogP contribution is -2.25. The third kappa shape index (κ3) is 3.18. The van der Waals surface area contributed by atoms with Gasteiger partial charge in [-0.3, -0.25) is 4.79 Å². The molecule has 3 rings (SSSR count). The fourth-order valence-electron chi connectivity index (χ4n) is 3.46. The van der Waals surface area contributed by atoms with Crippen molar-refractivity contribution in [1.82, 2.24) is 15.3 Å². The summed E-state index contributed by atoms with van der Waals surface area (Å²) >= 11 is 0. The number of carbonyl (C=O) groups excluding carboxylic acids is 1. The molecule has 1 N–H and O–H groups in total. The summed E-state index contributed by atoms with van der Waals surface area (Å²) in [5.41, 5.74) is 0.671. The molecule has 1 aromatic carbocycles. The number of fused-ring (bicyclic) bond motifs is 1. The van der Waals surface area contributed by atoms with Crippen LogP contribution in [-0.2, 0) is 4.79 Å². The van der Waals surface area contributed by atoms with Gasteiger partial charge >= 0.3 is 0 Å². The number of anilines is 1. The summed E-state index contributed by atoms with van der Waals surface area (Å²) in [5.74, 6) is 2.78. The third-order valence-corrected chi connectivity index (χ3v) is 4.75. The van der Waals surface area contributed by atoms with Crippen molar-refractivity contribution in [1.29, 1.82) is 0 Å². The largest absolute Gasteiger partial charge is 0.493 e. The zero-order valence-corrected chi connectivity index (χ0v) is 15.5. The van der Waals surface area contributed by atoms with E-state index in [1.165, 1.54) is 6.33 Å². The molecule has 1 atom stereocenters. The van der Waals surface area contributed by atoms with E-state index in [2.05, 4.69) is 20.2 Å². The Morgan fingerprint density at radius 2 is 2.00 bits per heavy atom. The second-order valence-corrected chi connectivity index (χ2v) is 6.22. The maximum atomic E-state index is 11.7. The van der Waals surface area contributed by atoms with Crippen LogP contribution in [0.15, 0.2) is 12.4 Å². The van der Waals surface area contributed by atoms with Gasteiger partial charge in [-0.05, 0) is 18.4 Å². The standard InChI is InChI=1S/C18H24N4O4/c1-19-14(23)7-11-5-6-22(9-11)18-12-8-13(24-2)16(25-3)17(26-4)15(12)20-10-21-18/h8,10-11H,5-7,9H2,1-4H3,(H,19,23). The Hall–Kier alpha value is -2.77. The summed E-state index contributed by atoms with van der Waals surface area (Å²) in [7, 11) is 6.40. The minimum absolute atomic E-state index is 0.0671. The molecule has 1 saturated heterocycles. The Kier molecular flexibility index (Phi) is 5.29. The summed E-state index contributed by atoms with van der Waals surface area (Å²) in [6.45, 7) is 1.61. The molecule has 2 aromatic rings. The van der Waals surface area contributed by atoms with Crippen molar-refractivity contribution in [2.75, 3.05) is 46.4 Å². The van der Waals surface area contributed by atoms with Crippen LogP contribution in [0.25, 0.3) is 10.9 Å². The average Bonchev–Trinajstić information content (AvgIpc) is 3.13. The topological polar surface area (TPSA) is 85.8 Å². The van der Waals surface area contributed by atoms with E-state index in [0.717, 1.165) is 30.7 Å². The predicted molar refractivity (Wildman–Crippen MR) is 98.2 cm³/mol. The molecule has 1 unspecified atom stereocenters. The minimum atomic E-state index is 0.0671. The van der Waals surface area contributed by atoms with Gasteiger partial charge in [0.05, 0.1) is 26.7 Å². The number of nitrogens with one attached hydrogen (secondary N) is 1. The number of rotatable bonds is 6. The molecule has 0 saturated carbocycles. The van der Waals surface area contributed by atoms with Crippen molar-refractivity contribution in [3.05, 3.63) is 12.4 Å². The van der Waals surface area contributed by atoms with Crippen molar-refractivity contribution >= 4 is 22.6 Å². The molecule has 0 bridgehead atoms. The van der Waals surface area contributed by atoms with Crippen molar-refractivity contribution < 1.29 is 19.0 Å². The van der Waals surface area contributed by atoms with Gasteiger partial charge in [-0.1, -0.05) is 0 Å². The molecule has 1 aliphatic heterocycles. The van der Waals surface area contributed by atoms with Crippen LogP contribution in [0.2, 0.25) is 0 Å². The lowest BCUT2D eigenvalue weighted by molar-refractivity contribution is -0.121. The summed E-state index contributed by atoms with van der Waals surface area (Å²) < 4.78 is 16.4. The first-order chi connectivity index (χ1) is 12.6. The van der Waals surface area contributed by atoms with Gasteiger partial charge < -0.3 is 24.4 Å². The molecule has 26 heavy (non-hydrogen) atoms. The molecule has 0 spiro atoms. The predicted octanol–water partition coefficient (Wildman–Crippen LogP) is 1.62. The van der Waals surface area contributed by atoms with E-state index < -0.39 is 0 Å². The van der Waals surface area contributed by atoms with Gasteiger partial charge in [-0.15, -0.1) is 0 Å². The Balaban J connectivity index is 2.01. The minimum Gasteiger partial charge on any atom is -0.493 e. The van der Waals surface area contributed by atoms with E-state index >= 15 is 0 Å². The second kappa shape index (κ2) is 7.63. The summed E-state index contributed by atoms with van der Waals surface area (Å²) in [6.07, 6.45) is 3.00. The van der Waals surface area contributed by atoms with E-state index in [4.69, 9.17) is 14.2 Å². The fraction of sp³-hybridized carbons (Fsp3) is 0.500. The lowest BCUT2D eigenvalue weighted by atomic mass is 10.0. The zero-order valence-electron chi connectivity index (χ0n) is 15.5. The van der Waals surface area contributed by atoms with Crippen LogP contribution in [0.3, 0.4) is 0 Å². The molecule has 8 nitrogen and oxygen atoms in total. The van der Waals surface area contributed by atoms with Crippen molar-refractivity contribution in [2.45, 2.75) is 12.8 Å². The molecular weight excluding hydrogens is 336 g/mol. The quantitative estimate of drug-likeness (QED) is 0.838. The highest BCUT2D eigenvalue weighted by atomic mass is 16.5. The first-order valence-electron chi connectivity index (χ1n) is 8.52. The molecule has 0 radical (unpaired) electrons. The van der Waals surface area contributed by atoms with Gasteiger partial charge in [0.1, 0.15) is 17.7 Å². The number of methoxy groups -OCH3 is 3. The first kappa shape index (κ1) is 18.0. The number of aromatic nitrogens is 2. The smallest absolute Gasteiger partial charge is 0.220 e. The molecule has 2 heterocycles. The number of nitrogens with zero attached hydrogens (tertiary/aromatic N) is 3. The summed E-state index contributed by atoms with van der Waals surface area (Å²) in [6, 6.07) is 1.87. The van der Waals surface area contributed by atoms with Crippen LogP contribution >= 0.6 is 0 Å². The molecule has 1 aliphatic rings. The SMILES string of the molecule is CNC(=O)CC1CCN(c2ncnc3c(OC)c(OC)c(OC)cc23)C1. The van der Waals surface area contributed by atoms with Crippen LogP contribution in [0.5, 0.6) is 17.2 Å². The number of ether oxygens (including phenoxy) is 3. The van der Waals surface area contributed by atoms with Gasteiger partial charge in [0.15, 0.2) is 11.5 Å². The fourth-order valence-corrected chi connectivity index (χ4v) is 3.46. The zero-order chi connectivity index (χ0) is 18.7. The van der Waals surface area contributed by atoms with Crippen molar-refractivity contribution in [3.8, 4) is 17.2 Å². The highest BCUT2D eigenvalue weighted by Crippen LogP contribution is 2.44. The van der Waals surface area contributed by atoms with Crippen LogP contribution in [0.1, 0.15) is 12.8 Å². The highest BCUT2D eigenvalue weighted by molar-refractivity contribution is 5.97. The van der Waals surface area contributed by atoms with E-state index in [9.17, 15) is 4.79 Å². The van der Waals surface area contributed by atoms with Gasteiger partial charge in [0, 0.05) is 26.6 Å². The number of hydrogen-bond acceptors (Lipinski definition) is 7. The van der Waals surface area contributed by atoms with Crippen LogP contribution < -0.4 is 24.4 Å². The summed E-state index contributed by atoms with van der Waals surface area (Å²) in [4.78, 5) is 22.7. The third-order valence-electron chi connectivity index (χ3n) is 4.75. The molecule has 1 aromatic heterocycles. The molecule has 140 valence electrons. The maximum Gasteiger partial charge on any atom is 0.220 e. The Morgan fingerprint density at radius 3 is 2.65 bits per heavy atom. The van der Waals surface area contributed by atoms with Gasteiger partial charge in [0.25, 0.3) is 0 Å². The Morgan fingerprint density at radius 1 is 1.23 bits per heavy atom. The monoisotopic (exact) mass is 360 g/mol. The first-order valence-corrected chi connectivity index (χ1v) is 8.52. The number of amides is 1. The van der Waals surface area contributed by atoms with E-state index in [-0.39, 0.29) is 5.91 Å². The lowest BCUT2D eigenvalue weighted by Gasteiger charge is -2.21. The highest BCUT2D eigenvalue weighted by Gasteiger charge is 2.28. The molecule has 1 fully saturated rings. The maximum absolute atomic E-state index is 11.7. The van der Waals surface area contributed by atoms with Crippen LogP contribution in [0.4, 0.5) is 5.82 Å². The van der Waals surface area contributed by atoms with E-state index in [0.29, 0.717) is 35.1 Å². The Labute approximate surface area is 152 Å². The number of carbonyl (C=O) groups is 1. The second-order valence-electron chi connectivity index (χ2n) is 6.22. The average molecular weight is 360 g/mol. The van der Waals surface area contributed by atoms with Crippen LogP contribution in [-0.4, -0.2) is 57.3 Å². The normalized spacial score (nSPS) is 16.6.